The molecule has 1 rings (SSSR count). The summed E-state index contributed by atoms with van der Waals surface area (Å²) in [5.41, 5.74) is 0. The van der Waals surface area contributed by atoms with Gasteiger partial charge in [-0.05, 0) is 6.08 Å². The minimum Gasteiger partial charge on any atom is -0.471 e. The summed E-state index contributed by atoms with van der Waals surface area (Å²) in [7, 11) is 0. The Kier molecular flexibility index (Phi) is 1.39. The summed E-state index contributed by atoms with van der Waals surface area (Å²) in [6.45, 7) is 0.802. The zero-order chi connectivity index (χ0) is 4.95. The van der Waals surface area contributed by atoms with Gasteiger partial charge in [-0.1, -0.05) is 0 Å². The van der Waals surface area contributed by atoms with E-state index in [4.69, 9.17) is 4.74 Å². The van der Waals surface area contributed by atoms with E-state index in [0.717, 1.165) is 6.54 Å². The molecule has 0 aromatic heterocycles. The van der Waals surface area contributed by atoms with Crippen molar-refractivity contribution >= 4 is 0 Å². The molecular weight excluding hydrogens is 90.1 g/mol. The standard InChI is InChI=1S/C5H6NO/c1-2-6-3-5-7-4-1/h1,4-6H,2H2. The highest BCUT2D eigenvalue weighted by molar-refractivity contribution is 4.83. The monoisotopic (exact) mass is 96.0 g/mol. The number of ether oxygens (including phenoxy) is 1. The van der Waals surface area contributed by atoms with Crippen LogP contribution in [0, 0.1) is 6.20 Å². The maximum atomic E-state index is 4.72. The lowest BCUT2D eigenvalue weighted by molar-refractivity contribution is 0.401. The summed E-state index contributed by atoms with van der Waals surface area (Å²) in [6.07, 6.45) is 7.65. The maximum Gasteiger partial charge on any atom is 0.115 e. The summed E-state index contributed by atoms with van der Waals surface area (Å²) in [6, 6.07) is 0. The molecule has 0 aliphatic carbocycles. The summed E-state index contributed by atoms with van der Waals surface area (Å²) >= 11 is 0. The van der Waals surface area contributed by atoms with E-state index in [9.17, 15) is 0 Å². The van der Waals surface area contributed by atoms with Gasteiger partial charge in [0.2, 0.25) is 0 Å². The molecule has 0 saturated carbocycles. The molecule has 2 nitrogen and oxygen atoms in total. The van der Waals surface area contributed by atoms with Gasteiger partial charge >= 0.3 is 0 Å². The second kappa shape index (κ2) is 2.29. The molecule has 0 unspecified atom stereocenters. The van der Waals surface area contributed by atoms with Crippen molar-refractivity contribution in [2.24, 2.45) is 0 Å². The Morgan fingerprint density at radius 3 is 3.71 bits per heavy atom. The van der Waals surface area contributed by atoms with Gasteiger partial charge in [0.25, 0.3) is 0 Å². The fourth-order valence-electron chi connectivity index (χ4n) is 0.336. The molecule has 1 heterocycles. The van der Waals surface area contributed by atoms with Gasteiger partial charge in [0.1, 0.15) is 6.26 Å². The molecule has 0 aromatic carbocycles. The van der Waals surface area contributed by atoms with Crippen LogP contribution in [0.4, 0.5) is 0 Å². The fraction of sp³-hybridized carbons (Fsp3) is 0.200. The number of rotatable bonds is 0. The fourth-order valence-corrected chi connectivity index (χ4v) is 0.336. The molecule has 1 aliphatic rings. The van der Waals surface area contributed by atoms with Crippen LogP contribution in [0.15, 0.2) is 18.6 Å². The molecule has 0 saturated heterocycles. The van der Waals surface area contributed by atoms with Gasteiger partial charge in [-0.25, -0.2) is 0 Å². The van der Waals surface area contributed by atoms with Crippen molar-refractivity contribution in [3.05, 3.63) is 24.8 Å². The zero-order valence-electron chi connectivity index (χ0n) is 3.85. The first-order valence-corrected chi connectivity index (χ1v) is 2.11. The van der Waals surface area contributed by atoms with Gasteiger partial charge in [0.05, 0.1) is 12.5 Å². The van der Waals surface area contributed by atoms with E-state index in [2.05, 4.69) is 11.5 Å². The first kappa shape index (κ1) is 4.24. The molecule has 1 radical (unpaired) electrons. The molecule has 1 aliphatic heterocycles. The summed E-state index contributed by atoms with van der Waals surface area (Å²) < 4.78 is 4.72. The van der Waals surface area contributed by atoms with E-state index < -0.39 is 0 Å². The van der Waals surface area contributed by atoms with Crippen molar-refractivity contribution in [2.75, 3.05) is 6.54 Å². The van der Waals surface area contributed by atoms with Crippen molar-refractivity contribution in [3.63, 3.8) is 0 Å². The molecule has 0 spiro atoms. The average Bonchev–Trinajstić information content (AvgIpc) is 1.90. The predicted octanol–water partition coefficient (Wildman–Crippen LogP) is 0.394. The highest BCUT2D eigenvalue weighted by Crippen LogP contribution is 1.81. The predicted molar refractivity (Wildman–Crippen MR) is 26.0 cm³/mol. The molecule has 0 amide bonds. The van der Waals surface area contributed by atoms with Crippen LogP contribution >= 0.6 is 0 Å². The maximum absolute atomic E-state index is 4.72. The van der Waals surface area contributed by atoms with Crippen LogP contribution in [0.2, 0.25) is 0 Å². The summed E-state index contributed by atoms with van der Waals surface area (Å²) in [5, 5.41) is 2.83. The number of nitrogens with one attached hydrogen (secondary N) is 1. The molecule has 7 heavy (non-hydrogen) atoms. The molecule has 0 atom stereocenters. The van der Waals surface area contributed by atoms with Crippen molar-refractivity contribution in [2.45, 2.75) is 0 Å². The molecule has 1 N–H and O–H groups in total. The lowest BCUT2D eigenvalue weighted by Crippen LogP contribution is -2.02. The number of hydrogen-bond acceptors (Lipinski definition) is 2. The lowest BCUT2D eigenvalue weighted by Gasteiger charge is -1.82. The second-order valence-electron chi connectivity index (χ2n) is 1.15. The van der Waals surface area contributed by atoms with Crippen LogP contribution in [0.25, 0.3) is 0 Å². The largest absolute Gasteiger partial charge is 0.471 e. The van der Waals surface area contributed by atoms with Crippen LogP contribution in [0.5, 0.6) is 0 Å². The molecule has 2 heteroatoms. The quantitative estimate of drug-likeness (QED) is 0.471. The van der Waals surface area contributed by atoms with Gasteiger partial charge in [-0.2, -0.15) is 0 Å². The minimum atomic E-state index is 0.802. The highest BCUT2D eigenvalue weighted by atomic mass is 16.5. The first-order valence-electron chi connectivity index (χ1n) is 2.11. The van der Waals surface area contributed by atoms with Crippen molar-refractivity contribution in [1.29, 1.82) is 0 Å². The topological polar surface area (TPSA) is 21.3 Å². The van der Waals surface area contributed by atoms with Crippen LogP contribution in [0.3, 0.4) is 0 Å². The van der Waals surface area contributed by atoms with Crippen LogP contribution in [-0.4, -0.2) is 6.54 Å². The molecule has 37 valence electrons. The summed E-state index contributed by atoms with van der Waals surface area (Å²) in [4.78, 5) is 0. The molecule has 0 bridgehead atoms. The Hall–Kier alpha value is -0.920. The highest BCUT2D eigenvalue weighted by Gasteiger charge is 1.77. The van der Waals surface area contributed by atoms with E-state index in [1.807, 2.05) is 6.08 Å². The second-order valence-corrected chi connectivity index (χ2v) is 1.15. The van der Waals surface area contributed by atoms with Gasteiger partial charge in [0.15, 0.2) is 0 Å². The third kappa shape index (κ3) is 1.30. The SMILES string of the molecule is [C]1=COC=CCN1. The minimum absolute atomic E-state index is 0.802. The van der Waals surface area contributed by atoms with Crippen molar-refractivity contribution in [3.8, 4) is 0 Å². The van der Waals surface area contributed by atoms with Crippen molar-refractivity contribution in [1.82, 2.24) is 5.32 Å². The Labute approximate surface area is 42.5 Å². The third-order valence-corrected chi connectivity index (χ3v) is 0.624. The zero-order valence-corrected chi connectivity index (χ0v) is 3.85. The molecule has 0 fully saturated rings. The lowest BCUT2D eigenvalue weighted by atomic mass is 10.6. The van der Waals surface area contributed by atoms with E-state index in [1.54, 1.807) is 6.26 Å². The van der Waals surface area contributed by atoms with Crippen LogP contribution in [-0.2, 0) is 4.74 Å². The van der Waals surface area contributed by atoms with E-state index in [1.165, 1.54) is 6.26 Å². The first-order chi connectivity index (χ1) is 3.50. The van der Waals surface area contributed by atoms with Crippen molar-refractivity contribution < 1.29 is 4.74 Å². The summed E-state index contributed by atoms with van der Waals surface area (Å²) in [5.74, 6) is 0. The average molecular weight is 96.1 g/mol. The van der Waals surface area contributed by atoms with Gasteiger partial charge in [-0.3, -0.25) is 0 Å². The molecule has 0 aromatic rings. The van der Waals surface area contributed by atoms with Crippen LogP contribution < -0.4 is 5.32 Å². The Bertz CT molecular complexity index is 84.3. The Morgan fingerprint density at radius 2 is 2.71 bits per heavy atom. The van der Waals surface area contributed by atoms with E-state index in [-0.39, 0.29) is 0 Å². The Balaban J connectivity index is 2.38. The number of hydrogen-bond donors (Lipinski definition) is 1. The van der Waals surface area contributed by atoms with Gasteiger partial charge < -0.3 is 10.1 Å². The smallest absolute Gasteiger partial charge is 0.115 e. The Morgan fingerprint density at radius 1 is 1.71 bits per heavy atom. The van der Waals surface area contributed by atoms with Crippen LogP contribution in [0.1, 0.15) is 0 Å². The van der Waals surface area contributed by atoms with E-state index >= 15 is 0 Å². The van der Waals surface area contributed by atoms with Gasteiger partial charge in [-0.15, -0.1) is 0 Å². The molecular formula is C5H6NO. The third-order valence-electron chi connectivity index (χ3n) is 0.624. The van der Waals surface area contributed by atoms with Gasteiger partial charge in [0, 0.05) is 6.54 Å². The van der Waals surface area contributed by atoms with E-state index in [0.29, 0.717) is 0 Å². The normalized spacial score (nSPS) is 17.1.